The lowest BCUT2D eigenvalue weighted by atomic mass is 10.1. The number of hydrogen-bond acceptors (Lipinski definition) is 5. The summed E-state index contributed by atoms with van der Waals surface area (Å²) in [7, 11) is -1.33. The molecule has 0 saturated carbocycles. The van der Waals surface area contributed by atoms with Gasteiger partial charge in [-0.05, 0) is 42.8 Å². The van der Waals surface area contributed by atoms with E-state index < -0.39 is 13.3 Å². The number of aromatic nitrogens is 1. The number of nitrogens with zero attached hydrogens (tertiary/aromatic N) is 2. The highest BCUT2D eigenvalue weighted by Crippen LogP contribution is 2.50. The molecule has 1 unspecified atom stereocenters. The molecule has 3 aromatic heterocycles. The molecule has 1 N–H and O–H groups in total. The van der Waals surface area contributed by atoms with Crippen molar-refractivity contribution in [3.8, 4) is 21.8 Å². The molecule has 6 nitrogen and oxygen atoms in total. The van der Waals surface area contributed by atoms with Crippen molar-refractivity contribution in [1.82, 2.24) is 4.98 Å². The van der Waals surface area contributed by atoms with E-state index in [0.29, 0.717) is 16.8 Å². The van der Waals surface area contributed by atoms with Gasteiger partial charge in [0.05, 0.1) is 5.69 Å². The van der Waals surface area contributed by atoms with Crippen LogP contribution in [0.25, 0.3) is 32.9 Å². The molecule has 1 atom stereocenters. The molecule has 3 heterocycles. The van der Waals surface area contributed by atoms with Crippen molar-refractivity contribution < 1.29 is 18.9 Å². The first kappa shape index (κ1) is 23.1. The van der Waals surface area contributed by atoms with Gasteiger partial charge in [-0.15, -0.1) is 11.3 Å². The molecule has 0 fully saturated rings. The summed E-state index contributed by atoms with van der Waals surface area (Å²) in [5.74, 6) is -0.327. The molecule has 176 valence electrons. The van der Waals surface area contributed by atoms with Crippen molar-refractivity contribution in [3.05, 3.63) is 89.4 Å². The van der Waals surface area contributed by atoms with E-state index >= 15 is 0 Å². The first-order valence-corrected chi connectivity index (χ1v) is 13.9. The third-order valence-corrected chi connectivity index (χ3v) is 9.86. The number of carboxylic acid groups (broad SMARTS) is 1. The highest BCUT2D eigenvalue weighted by molar-refractivity contribution is 7.72. The number of aryl methyl sites for hydroxylation is 1. The fourth-order valence-corrected chi connectivity index (χ4v) is 6.65. The number of pyridine rings is 1. The van der Waals surface area contributed by atoms with Gasteiger partial charge in [-0.25, -0.2) is 4.79 Å². The number of rotatable bonds is 6. The summed E-state index contributed by atoms with van der Waals surface area (Å²) in [5.41, 5.74) is 4.80. The Balaban J connectivity index is 1.49. The standard InChI is InChI=1S/C27H23N2O4PS/c1-17-6-12-20(13-7-17)34(3,32)29(2)22-16-25(35-26(22)27(30)31)19-10-8-18(9-11-19)24-15-21-23(33-24)5-4-14-28-21/h4-16H,1-3H3,(H,30,31). The Morgan fingerprint density at radius 1 is 1.03 bits per heavy atom. The minimum Gasteiger partial charge on any atom is -0.477 e. The Kier molecular flexibility index (Phi) is 5.83. The number of benzene rings is 2. The van der Waals surface area contributed by atoms with E-state index in [1.54, 1.807) is 30.6 Å². The van der Waals surface area contributed by atoms with Gasteiger partial charge in [0, 0.05) is 41.7 Å². The number of carbonyl (C=O) groups is 1. The van der Waals surface area contributed by atoms with Crippen LogP contribution in [0.3, 0.4) is 0 Å². The number of fused-ring (bicyclic) bond motifs is 1. The largest absolute Gasteiger partial charge is 0.477 e. The number of hydrogen-bond donors (Lipinski definition) is 1. The summed E-state index contributed by atoms with van der Waals surface area (Å²) in [5, 5.41) is 10.6. The Labute approximate surface area is 206 Å². The van der Waals surface area contributed by atoms with Gasteiger partial charge in [0.1, 0.15) is 16.2 Å². The van der Waals surface area contributed by atoms with Crippen LogP contribution in [0, 0.1) is 6.92 Å². The van der Waals surface area contributed by atoms with Crippen molar-refractivity contribution in [2.75, 3.05) is 18.4 Å². The van der Waals surface area contributed by atoms with Crippen LogP contribution >= 0.6 is 18.6 Å². The molecule has 35 heavy (non-hydrogen) atoms. The van der Waals surface area contributed by atoms with Crippen LogP contribution in [0.15, 0.2) is 83.4 Å². The van der Waals surface area contributed by atoms with Crippen LogP contribution in [0.1, 0.15) is 15.2 Å². The quantitative estimate of drug-likeness (QED) is 0.254. The third kappa shape index (κ3) is 4.29. The topological polar surface area (TPSA) is 83.6 Å². The van der Waals surface area contributed by atoms with E-state index in [-0.39, 0.29) is 4.88 Å². The minimum atomic E-state index is -3.03. The van der Waals surface area contributed by atoms with Crippen molar-refractivity contribution in [1.29, 1.82) is 0 Å². The molecule has 0 aliphatic rings. The molecule has 0 spiro atoms. The van der Waals surface area contributed by atoms with E-state index in [2.05, 4.69) is 4.98 Å². The van der Waals surface area contributed by atoms with Crippen molar-refractivity contribution in [2.24, 2.45) is 0 Å². The molecule has 0 aliphatic carbocycles. The van der Waals surface area contributed by atoms with Gasteiger partial charge in [-0.3, -0.25) is 9.55 Å². The number of aromatic carboxylic acids is 1. The van der Waals surface area contributed by atoms with E-state index in [4.69, 9.17) is 4.42 Å². The predicted molar refractivity (Wildman–Crippen MR) is 142 cm³/mol. The van der Waals surface area contributed by atoms with E-state index in [0.717, 1.165) is 32.7 Å². The summed E-state index contributed by atoms with van der Waals surface area (Å²) >= 11 is 1.17. The van der Waals surface area contributed by atoms with Crippen molar-refractivity contribution in [2.45, 2.75) is 6.92 Å². The van der Waals surface area contributed by atoms with Crippen molar-refractivity contribution in [3.63, 3.8) is 0 Å². The molecule has 5 aromatic rings. The number of anilines is 1. The average molecular weight is 503 g/mol. The Hall–Kier alpha value is -3.67. The SMILES string of the molecule is Cc1ccc(P(C)(=O)N(C)c2cc(-c3ccc(-c4cc5ncccc5o4)cc3)sc2C(=O)O)cc1. The molecule has 0 aliphatic heterocycles. The van der Waals surface area contributed by atoms with Crippen LogP contribution in [0.4, 0.5) is 5.69 Å². The Morgan fingerprint density at radius 3 is 2.37 bits per heavy atom. The van der Waals surface area contributed by atoms with Gasteiger partial charge >= 0.3 is 5.97 Å². The van der Waals surface area contributed by atoms with Gasteiger partial charge in [-0.1, -0.05) is 42.0 Å². The first-order valence-electron chi connectivity index (χ1n) is 11.0. The fourth-order valence-electron chi connectivity index (χ4n) is 3.93. The molecule has 8 heteroatoms. The molecular weight excluding hydrogens is 479 g/mol. The zero-order valence-corrected chi connectivity index (χ0v) is 21.1. The lowest BCUT2D eigenvalue weighted by Gasteiger charge is -2.27. The van der Waals surface area contributed by atoms with Crippen LogP contribution in [0.5, 0.6) is 0 Å². The smallest absolute Gasteiger partial charge is 0.348 e. The van der Waals surface area contributed by atoms with Gasteiger partial charge in [0.25, 0.3) is 0 Å². The van der Waals surface area contributed by atoms with Crippen LogP contribution in [-0.4, -0.2) is 29.8 Å². The molecule has 2 aromatic carbocycles. The Bertz CT molecular complexity index is 1550. The van der Waals surface area contributed by atoms with Crippen LogP contribution in [0.2, 0.25) is 0 Å². The average Bonchev–Trinajstić information content (AvgIpc) is 3.49. The van der Waals surface area contributed by atoms with Gasteiger partial charge < -0.3 is 14.2 Å². The normalized spacial score (nSPS) is 13.0. The second-order valence-electron chi connectivity index (χ2n) is 8.44. The zero-order chi connectivity index (χ0) is 24.7. The molecule has 0 amide bonds. The summed E-state index contributed by atoms with van der Waals surface area (Å²) in [6.07, 6.45) is 1.73. The molecular formula is C27H23N2O4PS. The number of carboxylic acids is 1. The zero-order valence-electron chi connectivity index (χ0n) is 19.4. The van der Waals surface area contributed by atoms with Crippen LogP contribution < -0.4 is 9.97 Å². The van der Waals surface area contributed by atoms with Gasteiger partial charge in [0.2, 0.25) is 0 Å². The lowest BCUT2D eigenvalue weighted by Crippen LogP contribution is -2.22. The van der Waals surface area contributed by atoms with Crippen LogP contribution in [-0.2, 0) is 4.57 Å². The highest BCUT2D eigenvalue weighted by Gasteiger charge is 2.29. The summed E-state index contributed by atoms with van der Waals surface area (Å²) in [6.45, 7) is 3.63. The molecule has 0 saturated heterocycles. The van der Waals surface area contributed by atoms with E-state index in [9.17, 15) is 14.5 Å². The number of furan rings is 1. The predicted octanol–water partition coefficient (Wildman–Crippen LogP) is 6.90. The third-order valence-electron chi connectivity index (χ3n) is 6.08. The van der Waals surface area contributed by atoms with Crippen molar-refractivity contribution >= 4 is 46.7 Å². The minimum absolute atomic E-state index is 0.157. The second kappa shape index (κ2) is 8.84. The summed E-state index contributed by atoms with van der Waals surface area (Å²) in [6, 6.07) is 22.7. The Morgan fingerprint density at radius 2 is 1.71 bits per heavy atom. The highest BCUT2D eigenvalue weighted by atomic mass is 32.1. The maximum Gasteiger partial charge on any atom is 0.348 e. The van der Waals surface area contributed by atoms with Gasteiger partial charge in [-0.2, -0.15) is 0 Å². The van der Waals surface area contributed by atoms with Gasteiger partial charge in [0.15, 0.2) is 12.9 Å². The first-order chi connectivity index (χ1) is 16.7. The fraction of sp³-hybridized carbons (Fsp3) is 0.111. The summed E-state index contributed by atoms with van der Waals surface area (Å²) < 4.78 is 21.3. The lowest BCUT2D eigenvalue weighted by molar-refractivity contribution is 0.0703. The number of thiophene rings is 1. The maximum absolute atomic E-state index is 13.7. The second-order valence-corrected chi connectivity index (χ2v) is 12.4. The van der Waals surface area contributed by atoms with E-state index in [1.165, 1.54) is 11.3 Å². The molecule has 5 rings (SSSR count). The summed E-state index contributed by atoms with van der Waals surface area (Å²) in [4.78, 5) is 17.3. The monoisotopic (exact) mass is 502 g/mol. The maximum atomic E-state index is 13.7. The van der Waals surface area contributed by atoms with E-state index in [1.807, 2.05) is 73.7 Å². The molecule has 0 bridgehead atoms. The molecule has 0 radical (unpaired) electrons.